The van der Waals surface area contributed by atoms with Crippen LogP contribution in [0.25, 0.3) is 0 Å². The van der Waals surface area contributed by atoms with Crippen LogP contribution in [0.3, 0.4) is 0 Å². The molecule has 78 valence electrons. The van der Waals surface area contributed by atoms with Gasteiger partial charge in [0.2, 0.25) is 0 Å². The van der Waals surface area contributed by atoms with Crippen LogP contribution in [0.4, 0.5) is 0 Å². The first-order valence-corrected chi connectivity index (χ1v) is 5.05. The lowest BCUT2D eigenvalue weighted by Crippen LogP contribution is -2.08. The largest absolute Gasteiger partial charge is 0.316 e. The Balaban J connectivity index is 0.000000980. The number of halogens is 1. The monoisotopic (exact) mass is 211 g/mol. The smallest absolute Gasteiger partial charge is 0.00206 e. The minimum absolute atomic E-state index is 0. The zero-order valence-electron chi connectivity index (χ0n) is 8.84. The van der Waals surface area contributed by atoms with Crippen molar-refractivity contribution in [3.05, 3.63) is 34.9 Å². The van der Waals surface area contributed by atoms with Crippen molar-refractivity contribution in [3.63, 3.8) is 0 Å². The Kier molecular flexibility index (Phi) is 3.97. The highest BCUT2D eigenvalue weighted by Crippen LogP contribution is 2.23. The molecule has 1 fully saturated rings. The first-order valence-electron chi connectivity index (χ1n) is 5.05. The molecule has 1 aliphatic rings. The zero-order valence-corrected chi connectivity index (χ0v) is 9.66. The Labute approximate surface area is 92.3 Å². The molecule has 0 saturated carbocycles. The summed E-state index contributed by atoms with van der Waals surface area (Å²) < 4.78 is 0. The van der Waals surface area contributed by atoms with E-state index in [2.05, 4.69) is 37.4 Å². The Morgan fingerprint density at radius 3 is 2.57 bits per heavy atom. The van der Waals surface area contributed by atoms with Crippen molar-refractivity contribution in [2.45, 2.75) is 26.2 Å². The van der Waals surface area contributed by atoms with Crippen molar-refractivity contribution in [2.75, 3.05) is 13.1 Å². The predicted octanol–water partition coefficient (Wildman–Crippen LogP) is 2.80. The Morgan fingerprint density at radius 1 is 1.21 bits per heavy atom. The molecule has 1 aromatic rings. The lowest BCUT2D eigenvalue weighted by Gasteiger charge is -2.10. The number of benzene rings is 1. The van der Waals surface area contributed by atoms with Crippen LogP contribution in [0.5, 0.6) is 0 Å². The number of aryl methyl sites for hydroxylation is 2. The lowest BCUT2D eigenvalue weighted by atomic mass is 9.95. The second kappa shape index (κ2) is 4.81. The Morgan fingerprint density at radius 2 is 2.00 bits per heavy atom. The first kappa shape index (κ1) is 11.5. The van der Waals surface area contributed by atoms with Gasteiger partial charge in [-0.15, -0.1) is 12.4 Å². The maximum absolute atomic E-state index is 3.40. The molecule has 0 spiro atoms. The average Bonchev–Trinajstić information content (AvgIpc) is 2.62. The summed E-state index contributed by atoms with van der Waals surface area (Å²) in [7, 11) is 0. The topological polar surface area (TPSA) is 12.0 Å². The normalized spacial score (nSPS) is 20.6. The summed E-state index contributed by atoms with van der Waals surface area (Å²) in [6, 6.07) is 6.86. The van der Waals surface area contributed by atoms with Gasteiger partial charge in [0.25, 0.3) is 0 Å². The van der Waals surface area contributed by atoms with Gasteiger partial charge in [-0.1, -0.05) is 18.2 Å². The third-order valence-electron chi connectivity index (χ3n) is 3.06. The molecule has 1 aliphatic heterocycles. The van der Waals surface area contributed by atoms with Gasteiger partial charge < -0.3 is 5.32 Å². The fraction of sp³-hybridized carbons (Fsp3) is 0.500. The minimum atomic E-state index is 0. The van der Waals surface area contributed by atoms with E-state index in [1.807, 2.05) is 0 Å². The molecular weight excluding hydrogens is 194 g/mol. The third-order valence-corrected chi connectivity index (χ3v) is 3.06. The van der Waals surface area contributed by atoms with Gasteiger partial charge >= 0.3 is 0 Å². The molecule has 1 N–H and O–H groups in total. The molecule has 1 aromatic carbocycles. The van der Waals surface area contributed by atoms with E-state index >= 15 is 0 Å². The quantitative estimate of drug-likeness (QED) is 0.754. The summed E-state index contributed by atoms with van der Waals surface area (Å²) in [5, 5.41) is 3.40. The van der Waals surface area contributed by atoms with Gasteiger partial charge in [-0.2, -0.15) is 0 Å². The van der Waals surface area contributed by atoms with E-state index in [1.165, 1.54) is 29.7 Å². The molecule has 0 radical (unpaired) electrons. The highest BCUT2D eigenvalue weighted by molar-refractivity contribution is 5.85. The van der Waals surface area contributed by atoms with Crippen LogP contribution in [0.15, 0.2) is 18.2 Å². The summed E-state index contributed by atoms with van der Waals surface area (Å²) in [4.78, 5) is 0. The van der Waals surface area contributed by atoms with Crippen LogP contribution in [0.1, 0.15) is 29.0 Å². The average molecular weight is 212 g/mol. The lowest BCUT2D eigenvalue weighted by molar-refractivity contribution is 0.762. The summed E-state index contributed by atoms with van der Waals surface area (Å²) in [6.45, 7) is 6.70. The molecule has 0 aliphatic carbocycles. The summed E-state index contributed by atoms with van der Waals surface area (Å²) in [6.07, 6.45) is 1.29. The third kappa shape index (κ3) is 2.28. The molecule has 1 unspecified atom stereocenters. The molecule has 1 atom stereocenters. The van der Waals surface area contributed by atoms with Crippen molar-refractivity contribution < 1.29 is 0 Å². The molecule has 0 amide bonds. The maximum atomic E-state index is 3.40. The van der Waals surface area contributed by atoms with Gasteiger partial charge in [0.15, 0.2) is 0 Å². The molecular formula is C12H18ClN. The molecule has 2 rings (SSSR count). The number of nitrogens with one attached hydrogen (secondary N) is 1. The van der Waals surface area contributed by atoms with Gasteiger partial charge in [0, 0.05) is 6.54 Å². The van der Waals surface area contributed by atoms with Crippen LogP contribution in [-0.4, -0.2) is 13.1 Å². The van der Waals surface area contributed by atoms with Crippen LogP contribution < -0.4 is 5.32 Å². The van der Waals surface area contributed by atoms with E-state index in [0.717, 1.165) is 12.5 Å². The van der Waals surface area contributed by atoms with E-state index < -0.39 is 0 Å². The number of rotatable bonds is 1. The van der Waals surface area contributed by atoms with Crippen molar-refractivity contribution in [2.24, 2.45) is 0 Å². The second-order valence-electron chi connectivity index (χ2n) is 4.03. The van der Waals surface area contributed by atoms with Crippen molar-refractivity contribution in [3.8, 4) is 0 Å². The molecule has 0 aromatic heterocycles. The summed E-state index contributed by atoms with van der Waals surface area (Å²) >= 11 is 0. The van der Waals surface area contributed by atoms with E-state index in [-0.39, 0.29) is 12.4 Å². The second-order valence-corrected chi connectivity index (χ2v) is 4.03. The van der Waals surface area contributed by atoms with Crippen LogP contribution in [0.2, 0.25) is 0 Å². The van der Waals surface area contributed by atoms with Gasteiger partial charge in [-0.25, -0.2) is 0 Å². The SMILES string of the molecule is Cc1ccc(C2CCNC2)cc1C.Cl. The fourth-order valence-electron chi connectivity index (χ4n) is 1.96. The molecule has 1 saturated heterocycles. The predicted molar refractivity (Wildman–Crippen MR) is 63.4 cm³/mol. The summed E-state index contributed by atoms with van der Waals surface area (Å²) in [5.41, 5.74) is 4.33. The fourth-order valence-corrected chi connectivity index (χ4v) is 1.96. The van der Waals surface area contributed by atoms with Gasteiger partial charge in [-0.05, 0) is 49.4 Å². The summed E-state index contributed by atoms with van der Waals surface area (Å²) in [5.74, 6) is 0.749. The molecule has 0 bridgehead atoms. The Hall–Kier alpha value is -0.530. The van der Waals surface area contributed by atoms with E-state index in [4.69, 9.17) is 0 Å². The van der Waals surface area contributed by atoms with E-state index in [0.29, 0.717) is 0 Å². The molecule has 2 heteroatoms. The minimum Gasteiger partial charge on any atom is -0.316 e. The number of hydrogen-bond acceptors (Lipinski definition) is 1. The highest BCUT2D eigenvalue weighted by atomic mass is 35.5. The van der Waals surface area contributed by atoms with Crippen LogP contribution in [-0.2, 0) is 0 Å². The van der Waals surface area contributed by atoms with Crippen molar-refractivity contribution in [1.82, 2.24) is 5.32 Å². The van der Waals surface area contributed by atoms with Crippen LogP contribution in [0, 0.1) is 13.8 Å². The Bertz CT molecular complexity index is 303. The standard InChI is InChI=1S/C12H17N.ClH/c1-9-3-4-11(7-10(9)2)12-5-6-13-8-12;/h3-4,7,12-13H,5-6,8H2,1-2H3;1H. The zero-order chi connectivity index (χ0) is 9.26. The highest BCUT2D eigenvalue weighted by Gasteiger charge is 2.16. The van der Waals surface area contributed by atoms with Crippen molar-refractivity contribution >= 4 is 12.4 Å². The van der Waals surface area contributed by atoms with Gasteiger partial charge in [-0.3, -0.25) is 0 Å². The number of hydrogen-bond donors (Lipinski definition) is 1. The van der Waals surface area contributed by atoms with Crippen molar-refractivity contribution in [1.29, 1.82) is 0 Å². The maximum Gasteiger partial charge on any atom is 0.00206 e. The molecule has 1 heterocycles. The van der Waals surface area contributed by atoms with E-state index in [9.17, 15) is 0 Å². The molecule has 1 nitrogen and oxygen atoms in total. The van der Waals surface area contributed by atoms with Gasteiger partial charge in [0.05, 0.1) is 0 Å². The van der Waals surface area contributed by atoms with Crippen LogP contribution >= 0.6 is 12.4 Å². The first-order chi connectivity index (χ1) is 6.27. The van der Waals surface area contributed by atoms with Gasteiger partial charge in [0.1, 0.15) is 0 Å². The molecule has 14 heavy (non-hydrogen) atoms. The van der Waals surface area contributed by atoms with E-state index in [1.54, 1.807) is 0 Å².